The number of hydrogen-bond donors (Lipinski definition) is 0. The largest absolute Gasteiger partial charge is 0.256 e. The van der Waals surface area contributed by atoms with Crippen LogP contribution in [-0.2, 0) is 0 Å². The Kier molecular flexibility index (Phi) is 6.07. The summed E-state index contributed by atoms with van der Waals surface area (Å²) < 4.78 is 2.67. The number of aromatic nitrogens is 1. The van der Waals surface area contributed by atoms with Crippen molar-refractivity contribution >= 4 is 53.1 Å². The molecular weight excluding hydrogens is 563 g/mol. The van der Waals surface area contributed by atoms with Gasteiger partial charge in [0, 0.05) is 37.5 Å². The van der Waals surface area contributed by atoms with Gasteiger partial charge in [-0.25, -0.2) is 0 Å². The predicted octanol–water partition coefficient (Wildman–Crippen LogP) is 12.4. The molecular formula is C43H27NS. The Bertz CT molecular complexity index is 2450. The lowest BCUT2D eigenvalue weighted by Gasteiger charge is -2.17. The summed E-state index contributed by atoms with van der Waals surface area (Å²) in [7, 11) is 0. The molecule has 0 fully saturated rings. The van der Waals surface area contributed by atoms with Crippen LogP contribution >= 0.6 is 11.3 Å². The van der Waals surface area contributed by atoms with E-state index in [4.69, 9.17) is 4.98 Å². The van der Waals surface area contributed by atoms with Gasteiger partial charge in [-0.15, -0.1) is 11.3 Å². The molecule has 45 heavy (non-hydrogen) atoms. The first kappa shape index (κ1) is 25.9. The maximum atomic E-state index is 5.07. The zero-order chi connectivity index (χ0) is 29.7. The van der Waals surface area contributed by atoms with Gasteiger partial charge in [-0.1, -0.05) is 133 Å². The van der Waals surface area contributed by atoms with Gasteiger partial charge in [-0.3, -0.25) is 4.98 Å². The molecule has 0 spiro atoms. The van der Waals surface area contributed by atoms with E-state index < -0.39 is 0 Å². The maximum Gasteiger partial charge on any atom is 0.0714 e. The van der Waals surface area contributed by atoms with Crippen molar-refractivity contribution < 1.29 is 0 Å². The topological polar surface area (TPSA) is 12.9 Å². The number of rotatable bonds is 4. The summed E-state index contributed by atoms with van der Waals surface area (Å²) in [4.78, 5) is 5.07. The molecule has 0 unspecified atom stereocenters. The third-order valence-corrected chi connectivity index (χ3v) is 10.1. The van der Waals surface area contributed by atoms with Gasteiger partial charge in [-0.05, 0) is 73.6 Å². The molecule has 0 aliphatic rings. The van der Waals surface area contributed by atoms with E-state index in [2.05, 4.69) is 158 Å². The van der Waals surface area contributed by atoms with Crippen molar-refractivity contribution in [2.45, 2.75) is 0 Å². The van der Waals surface area contributed by atoms with Crippen LogP contribution < -0.4 is 0 Å². The van der Waals surface area contributed by atoms with Crippen LogP contribution in [0.3, 0.4) is 0 Å². The zero-order valence-corrected chi connectivity index (χ0v) is 25.3. The molecule has 0 atom stereocenters. The smallest absolute Gasteiger partial charge is 0.0714 e. The van der Waals surface area contributed by atoms with Crippen LogP contribution in [0.4, 0.5) is 0 Å². The van der Waals surface area contributed by atoms with Crippen LogP contribution in [0.15, 0.2) is 164 Å². The SMILES string of the molecule is c1ccc(-c2c3ccccc3c(-c3ccc(-c4ccc(-c5ccc6sc7ccccc7c6c5)cc4)cn3)c3ccccc23)cc1. The molecule has 0 aliphatic carbocycles. The molecule has 0 aliphatic heterocycles. The molecule has 210 valence electrons. The number of thiophene rings is 1. The lowest BCUT2D eigenvalue weighted by Crippen LogP contribution is -1.92. The normalized spacial score (nSPS) is 11.6. The molecule has 7 aromatic carbocycles. The fraction of sp³-hybridized carbons (Fsp3) is 0. The second-order valence-electron chi connectivity index (χ2n) is 11.5. The number of benzene rings is 7. The van der Waals surface area contributed by atoms with Crippen molar-refractivity contribution in [3.05, 3.63) is 164 Å². The fourth-order valence-corrected chi connectivity index (χ4v) is 7.88. The van der Waals surface area contributed by atoms with Crippen molar-refractivity contribution in [1.29, 1.82) is 0 Å². The lowest BCUT2D eigenvalue weighted by atomic mass is 9.87. The van der Waals surface area contributed by atoms with E-state index in [0.717, 1.165) is 16.8 Å². The molecule has 2 aromatic heterocycles. The van der Waals surface area contributed by atoms with E-state index in [9.17, 15) is 0 Å². The van der Waals surface area contributed by atoms with Gasteiger partial charge in [0.15, 0.2) is 0 Å². The summed E-state index contributed by atoms with van der Waals surface area (Å²) in [6, 6.07) is 56.9. The molecule has 0 bridgehead atoms. The summed E-state index contributed by atoms with van der Waals surface area (Å²) in [5.74, 6) is 0. The molecule has 0 amide bonds. The Morgan fingerprint density at radius 1 is 0.333 bits per heavy atom. The molecule has 0 N–H and O–H groups in total. The summed E-state index contributed by atoms with van der Waals surface area (Å²) in [5, 5.41) is 7.58. The maximum absolute atomic E-state index is 5.07. The highest BCUT2D eigenvalue weighted by molar-refractivity contribution is 7.25. The molecule has 0 saturated heterocycles. The average molecular weight is 590 g/mol. The molecule has 2 heterocycles. The standard InChI is InChI=1S/C43H27NS/c1-2-10-30(11-3-1)42-34-13-4-6-15-36(34)43(37-16-7-5-14-35(37)42)39-24-22-32(27-44-39)29-20-18-28(19-21-29)31-23-25-41-38(26-31)33-12-8-9-17-40(33)45-41/h1-27H. The van der Waals surface area contributed by atoms with Gasteiger partial charge in [0.2, 0.25) is 0 Å². The second kappa shape index (κ2) is 10.6. The number of fused-ring (bicyclic) bond motifs is 5. The third-order valence-electron chi connectivity index (χ3n) is 8.94. The molecule has 9 rings (SSSR count). The molecule has 1 nitrogen and oxygen atoms in total. The quantitative estimate of drug-likeness (QED) is 0.186. The van der Waals surface area contributed by atoms with Crippen molar-refractivity contribution in [2.24, 2.45) is 0 Å². The second-order valence-corrected chi connectivity index (χ2v) is 12.6. The first-order chi connectivity index (χ1) is 22.3. The number of pyridine rings is 1. The van der Waals surface area contributed by atoms with Gasteiger partial charge in [-0.2, -0.15) is 0 Å². The van der Waals surface area contributed by atoms with E-state index in [1.165, 1.54) is 69.5 Å². The highest BCUT2D eigenvalue weighted by atomic mass is 32.1. The van der Waals surface area contributed by atoms with Crippen LogP contribution in [0.2, 0.25) is 0 Å². The molecule has 9 aromatic rings. The van der Waals surface area contributed by atoms with Crippen LogP contribution in [0.25, 0.3) is 86.4 Å². The monoisotopic (exact) mass is 589 g/mol. The minimum absolute atomic E-state index is 0.985. The first-order valence-corrected chi connectivity index (χ1v) is 16.1. The minimum Gasteiger partial charge on any atom is -0.256 e. The first-order valence-electron chi connectivity index (χ1n) is 15.3. The zero-order valence-electron chi connectivity index (χ0n) is 24.4. The van der Waals surface area contributed by atoms with Gasteiger partial charge in [0.25, 0.3) is 0 Å². The van der Waals surface area contributed by atoms with Gasteiger partial charge < -0.3 is 0 Å². The van der Waals surface area contributed by atoms with E-state index in [0.29, 0.717) is 0 Å². The van der Waals surface area contributed by atoms with E-state index in [-0.39, 0.29) is 0 Å². The van der Waals surface area contributed by atoms with E-state index >= 15 is 0 Å². The summed E-state index contributed by atoms with van der Waals surface area (Å²) in [6.07, 6.45) is 2.02. The Morgan fingerprint density at radius 2 is 0.844 bits per heavy atom. The third kappa shape index (κ3) is 4.34. The van der Waals surface area contributed by atoms with Crippen LogP contribution in [0, 0.1) is 0 Å². The van der Waals surface area contributed by atoms with Crippen LogP contribution in [-0.4, -0.2) is 4.98 Å². The Balaban J connectivity index is 1.10. The predicted molar refractivity (Wildman–Crippen MR) is 194 cm³/mol. The van der Waals surface area contributed by atoms with Crippen molar-refractivity contribution in [1.82, 2.24) is 4.98 Å². The van der Waals surface area contributed by atoms with Gasteiger partial charge in [0.05, 0.1) is 5.69 Å². The van der Waals surface area contributed by atoms with Crippen LogP contribution in [0.1, 0.15) is 0 Å². The number of nitrogens with zero attached hydrogens (tertiary/aromatic N) is 1. The van der Waals surface area contributed by atoms with Crippen molar-refractivity contribution in [3.8, 4) is 44.6 Å². The summed E-state index contributed by atoms with van der Waals surface area (Å²) in [6.45, 7) is 0. The van der Waals surface area contributed by atoms with Gasteiger partial charge >= 0.3 is 0 Å². The van der Waals surface area contributed by atoms with Crippen LogP contribution in [0.5, 0.6) is 0 Å². The summed E-state index contributed by atoms with van der Waals surface area (Å²) >= 11 is 1.86. The molecule has 0 radical (unpaired) electrons. The molecule has 2 heteroatoms. The molecule has 0 saturated carbocycles. The minimum atomic E-state index is 0.985. The highest BCUT2D eigenvalue weighted by Gasteiger charge is 2.17. The Hall–Kier alpha value is -5.57. The van der Waals surface area contributed by atoms with Crippen molar-refractivity contribution in [3.63, 3.8) is 0 Å². The average Bonchev–Trinajstić information content (AvgIpc) is 3.49. The van der Waals surface area contributed by atoms with Gasteiger partial charge in [0.1, 0.15) is 0 Å². The highest BCUT2D eigenvalue weighted by Crippen LogP contribution is 2.43. The summed E-state index contributed by atoms with van der Waals surface area (Å²) in [5.41, 5.74) is 9.40. The Morgan fingerprint density at radius 3 is 1.49 bits per heavy atom. The van der Waals surface area contributed by atoms with Crippen molar-refractivity contribution in [2.75, 3.05) is 0 Å². The lowest BCUT2D eigenvalue weighted by molar-refractivity contribution is 1.34. The fourth-order valence-electron chi connectivity index (χ4n) is 6.79. The van der Waals surface area contributed by atoms with E-state index in [1.807, 2.05) is 17.5 Å². The number of hydrogen-bond acceptors (Lipinski definition) is 2. The Labute approximate surface area is 265 Å². The van der Waals surface area contributed by atoms with E-state index in [1.54, 1.807) is 0 Å².